The van der Waals surface area contributed by atoms with Gasteiger partial charge in [-0.2, -0.15) is 0 Å². The Labute approximate surface area is 139 Å². The van der Waals surface area contributed by atoms with Crippen LogP contribution in [0.25, 0.3) is 0 Å². The van der Waals surface area contributed by atoms with Crippen LogP contribution in [0.3, 0.4) is 0 Å². The van der Waals surface area contributed by atoms with Gasteiger partial charge in [0.25, 0.3) is 0 Å². The standard InChI is InChI=1S/C18H16ClFO3/c1-10-4-5-13(8-11(10)2)17(21)12(3)23-18(22)15-7-6-14(19)9-16(15)20/h4-9,12H,1-3H3. The molecular weight excluding hydrogens is 319 g/mol. The maximum absolute atomic E-state index is 13.7. The van der Waals surface area contributed by atoms with Crippen LogP contribution in [-0.4, -0.2) is 17.9 Å². The van der Waals surface area contributed by atoms with E-state index in [0.717, 1.165) is 17.2 Å². The summed E-state index contributed by atoms with van der Waals surface area (Å²) < 4.78 is 18.8. The molecule has 1 unspecified atom stereocenters. The summed E-state index contributed by atoms with van der Waals surface area (Å²) in [5, 5.41) is 0.179. The minimum absolute atomic E-state index is 0.179. The lowest BCUT2D eigenvalue weighted by atomic mass is 10.0. The fourth-order valence-electron chi connectivity index (χ4n) is 2.06. The predicted molar refractivity (Wildman–Crippen MR) is 86.5 cm³/mol. The number of Topliss-reactive ketones (excluding diaryl/α,β-unsaturated/α-hetero) is 1. The van der Waals surface area contributed by atoms with E-state index in [9.17, 15) is 14.0 Å². The summed E-state index contributed by atoms with van der Waals surface area (Å²) >= 11 is 5.64. The Balaban J connectivity index is 2.14. The van der Waals surface area contributed by atoms with Gasteiger partial charge in [-0.25, -0.2) is 9.18 Å². The lowest BCUT2D eigenvalue weighted by Gasteiger charge is -2.13. The van der Waals surface area contributed by atoms with Crippen LogP contribution in [0.15, 0.2) is 36.4 Å². The molecule has 23 heavy (non-hydrogen) atoms. The van der Waals surface area contributed by atoms with Gasteiger partial charge in [0.1, 0.15) is 5.82 Å². The van der Waals surface area contributed by atoms with Gasteiger partial charge in [0.2, 0.25) is 5.78 Å². The molecule has 3 nitrogen and oxygen atoms in total. The average Bonchev–Trinajstić information content (AvgIpc) is 2.49. The third-order valence-corrected chi connectivity index (χ3v) is 3.83. The molecule has 2 aromatic carbocycles. The van der Waals surface area contributed by atoms with Gasteiger partial charge in [0.15, 0.2) is 6.10 Å². The molecule has 0 heterocycles. The number of ether oxygens (including phenoxy) is 1. The highest BCUT2D eigenvalue weighted by atomic mass is 35.5. The van der Waals surface area contributed by atoms with Gasteiger partial charge in [0.05, 0.1) is 5.56 Å². The largest absolute Gasteiger partial charge is 0.451 e. The number of halogens is 2. The van der Waals surface area contributed by atoms with Crippen molar-refractivity contribution in [3.05, 3.63) is 69.5 Å². The number of hydrogen-bond acceptors (Lipinski definition) is 3. The fourth-order valence-corrected chi connectivity index (χ4v) is 2.22. The Morgan fingerprint density at radius 3 is 2.39 bits per heavy atom. The molecule has 0 spiro atoms. The molecule has 0 N–H and O–H groups in total. The number of carbonyl (C=O) groups excluding carboxylic acids is 2. The van der Waals surface area contributed by atoms with Crippen LogP contribution in [-0.2, 0) is 4.74 Å². The van der Waals surface area contributed by atoms with Crippen LogP contribution in [0, 0.1) is 19.7 Å². The van der Waals surface area contributed by atoms with Crippen LogP contribution >= 0.6 is 11.6 Å². The van der Waals surface area contributed by atoms with Crippen molar-refractivity contribution in [1.29, 1.82) is 0 Å². The van der Waals surface area contributed by atoms with E-state index < -0.39 is 17.9 Å². The van der Waals surface area contributed by atoms with Crippen molar-refractivity contribution in [3.63, 3.8) is 0 Å². The third kappa shape index (κ3) is 3.96. The second-order valence-corrected chi connectivity index (χ2v) is 5.77. The lowest BCUT2D eigenvalue weighted by molar-refractivity contribution is 0.0314. The molecule has 0 fully saturated rings. The predicted octanol–water partition coefficient (Wildman–Crippen LogP) is 4.52. The first kappa shape index (κ1) is 17.2. The number of ketones is 1. The Kier molecular flexibility index (Phi) is 5.16. The third-order valence-electron chi connectivity index (χ3n) is 3.60. The van der Waals surface area contributed by atoms with Crippen molar-refractivity contribution in [2.45, 2.75) is 26.9 Å². The molecule has 120 valence electrons. The number of rotatable bonds is 4. The Bertz CT molecular complexity index is 771. The summed E-state index contributed by atoms with van der Waals surface area (Å²) in [6, 6.07) is 8.89. The van der Waals surface area contributed by atoms with E-state index in [1.54, 1.807) is 12.1 Å². The van der Waals surface area contributed by atoms with Crippen molar-refractivity contribution < 1.29 is 18.7 Å². The quantitative estimate of drug-likeness (QED) is 0.609. The topological polar surface area (TPSA) is 43.4 Å². The molecule has 0 saturated heterocycles. The zero-order chi connectivity index (χ0) is 17.1. The molecule has 0 amide bonds. The molecular formula is C18H16ClFO3. The number of esters is 1. The van der Waals surface area contributed by atoms with E-state index in [1.807, 2.05) is 19.9 Å². The average molecular weight is 335 g/mol. The van der Waals surface area contributed by atoms with E-state index in [2.05, 4.69) is 0 Å². The number of hydrogen-bond donors (Lipinski definition) is 0. The van der Waals surface area contributed by atoms with E-state index >= 15 is 0 Å². The molecule has 5 heteroatoms. The van der Waals surface area contributed by atoms with E-state index in [4.69, 9.17) is 16.3 Å². The highest BCUT2D eigenvalue weighted by Gasteiger charge is 2.22. The van der Waals surface area contributed by atoms with Gasteiger partial charge in [-0.15, -0.1) is 0 Å². The fraction of sp³-hybridized carbons (Fsp3) is 0.222. The summed E-state index contributed by atoms with van der Waals surface area (Å²) in [5.41, 5.74) is 2.23. The second-order valence-electron chi connectivity index (χ2n) is 5.33. The summed E-state index contributed by atoms with van der Waals surface area (Å²) in [5.74, 6) is -2.02. The molecule has 2 rings (SSSR count). The summed E-state index contributed by atoms with van der Waals surface area (Å²) in [4.78, 5) is 24.3. The lowest BCUT2D eigenvalue weighted by Crippen LogP contribution is -2.25. The van der Waals surface area contributed by atoms with Gasteiger partial charge in [-0.05, 0) is 56.2 Å². The van der Waals surface area contributed by atoms with Gasteiger partial charge in [-0.3, -0.25) is 4.79 Å². The van der Waals surface area contributed by atoms with Crippen LogP contribution in [0.1, 0.15) is 38.8 Å². The summed E-state index contributed by atoms with van der Waals surface area (Å²) in [7, 11) is 0. The second kappa shape index (κ2) is 6.92. The molecule has 1 atom stereocenters. The molecule has 0 aromatic heterocycles. The molecule has 0 radical (unpaired) electrons. The van der Waals surface area contributed by atoms with Crippen molar-refractivity contribution >= 4 is 23.4 Å². The summed E-state index contributed by atoms with van der Waals surface area (Å²) in [6.45, 7) is 5.30. The van der Waals surface area contributed by atoms with Crippen LogP contribution < -0.4 is 0 Å². The SMILES string of the molecule is Cc1ccc(C(=O)C(C)OC(=O)c2ccc(Cl)cc2F)cc1C. The maximum atomic E-state index is 13.7. The molecule has 2 aromatic rings. The smallest absolute Gasteiger partial charge is 0.341 e. The van der Waals surface area contributed by atoms with Gasteiger partial charge in [-0.1, -0.05) is 23.7 Å². The molecule has 0 saturated carbocycles. The van der Waals surface area contributed by atoms with E-state index in [-0.39, 0.29) is 16.4 Å². The normalized spacial score (nSPS) is 11.9. The zero-order valence-corrected chi connectivity index (χ0v) is 13.8. The molecule has 0 aliphatic carbocycles. The summed E-state index contributed by atoms with van der Waals surface area (Å²) in [6.07, 6.45) is -1.01. The number of carbonyl (C=O) groups is 2. The Hall–Kier alpha value is -2.20. The maximum Gasteiger partial charge on any atom is 0.341 e. The van der Waals surface area contributed by atoms with Crippen LogP contribution in [0.5, 0.6) is 0 Å². The molecule has 0 bridgehead atoms. The first-order valence-corrected chi connectivity index (χ1v) is 7.45. The Morgan fingerprint density at radius 1 is 1.09 bits per heavy atom. The Morgan fingerprint density at radius 2 is 1.78 bits per heavy atom. The van der Waals surface area contributed by atoms with Gasteiger partial charge < -0.3 is 4.74 Å². The minimum Gasteiger partial charge on any atom is -0.451 e. The number of aryl methyl sites for hydroxylation is 2. The highest BCUT2D eigenvalue weighted by molar-refractivity contribution is 6.30. The first-order valence-electron chi connectivity index (χ1n) is 7.07. The van der Waals surface area contributed by atoms with Crippen molar-refractivity contribution in [2.24, 2.45) is 0 Å². The highest BCUT2D eigenvalue weighted by Crippen LogP contribution is 2.17. The first-order chi connectivity index (χ1) is 10.8. The van der Waals surface area contributed by atoms with E-state index in [1.165, 1.54) is 19.1 Å². The monoisotopic (exact) mass is 334 g/mol. The van der Waals surface area contributed by atoms with Crippen molar-refractivity contribution in [1.82, 2.24) is 0 Å². The van der Waals surface area contributed by atoms with Crippen molar-refractivity contribution in [2.75, 3.05) is 0 Å². The number of benzene rings is 2. The molecule has 0 aliphatic heterocycles. The van der Waals surface area contributed by atoms with Gasteiger partial charge in [0, 0.05) is 10.6 Å². The zero-order valence-electron chi connectivity index (χ0n) is 13.0. The van der Waals surface area contributed by atoms with Crippen LogP contribution in [0.4, 0.5) is 4.39 Å². The minimum atomic E-state index is -1.01. The van der Waals surface area contributed by atoms with Gasteiger partial charge >= 0.3 is 5.97 Å². The molecule has 0 aliphatic rings. The van der Waals surface area contributed by atoms with Crippen molar-refractivity contribution in [3.8, 4) is 0 Å². The van der Waals surface area contributed by atoms with E-state index in [0.29, 0.717) is 5.56 Å². The van der Waals surface area contributed by atoms with Crippen LogP contribution in [0.2, 0.25) is 5.02 Å².